The van der Waals surface area contributed by atoms with E-state index in [2.05, 4.69) is 20.2 Å². The van der Waals surface area contributed by atoms with E-state index in [1.54, 1.807) is 49.4 Å². The van der Waals surface area contributed by atoms with E-state index in [1.165, 1.54) is 12.1 Å². The van der Waals surface area contributed by atoms with Crippen molar-refractivity contribution < 1.29 is 13.2 Å². The molecule has 0 saturated heterocycles. The van der Waals surface area contributed by atoms with Crippen LogP contribution in [-0.4, -0.2) is 24.5 Å². The summed E-state index contributed by atoms with van der Waals surface area (Å²) in [6, 6.07) is 15.0. The largest absolute Gasteiger partial charge is 0.326 e. The van der Waals surface area contributed by atoms with Gasteiger partial charge < -0.3 is 5.32 Å². The molecule has 0 spiro atoms. The molecule has 0 aliphatic rings. The fraction of sp³-hybridized carbons (Fsp3) is 0.158. The number of carbonyl (C=O) groups excluding carboxylic acids is 1. The van der Waals surface area contributed by atoms with Crippen LogP contribution in [0, 0.1) is 13.8 Å². The van der Waals surface area contributed by atoms with Gasteiger partial charge in [0.25, 0.3) is 10.0 Å². The minimum absolute atomic E-state index is 0.128. The molecule has 1 heterocycles. The van der Waals surface area contributed by atoms with Gasteiger partial charge in [-0.15, -0.1) is 0 Å². The van der Waals surface area contributed by atoms with E-state index in [0.717, 1.165) is 11.3 Å². The Morgan fingerprint density at radius 3 is 2.48 bits per heavy atom. The number of hydrogen-bond acceptors (Lipinski definition) is 4. The van der Waals surface area contributed by atoms with Gasteiger partial charge in [-0.05, 0) is 49.7 Å². The Labute approximate surface area is 157 Å². The first-order valence-corrected chi connectivity index (χ1v) is 9.81. The van der Waals surface area contributed by atoms with Crippen molar-refractivity contribution in [2.45, 2.75) is 25.2 Å². The van der Waals surface area contributed by atoms with Gasteiger partial charge in [-0.2, -0.15) is 5.10 Å². The first-order valence-electron chi connectivity index (χ1n) is 8.33. The smallest absolute Gasteiger partial charge is 0.261 e. The van der Waals surface area contributed by atoms with Crippen molar-refractivity contribution in [2.24, 2.45) is 0 Å². The van der Waals surface area contributed by atoms with Gasteiger partial charge in [-0.25, -0.2) is 8.42 Å². The monoisotopic (exact) mass is 384 g/mol. The Bertz CT molecular complexity index is 1060. The van der Waals surface area contributed by atoms with Crippen molar-refractivity contribution in [1.82, 2.24) is 10.2 Å². The Morgan fingerprint density at radius 1 is 1.07 bits per heavy atom. The van der Waals surface area contributed by atoms with Crippen LogP contribution in [0.5, 0.6) is 0 Å². The lowest BCUT2D eigenvalue weighted by Crippen LogP contribution is -2.16. The molecule has 0 unspecified atom stereocenters. The highest BCUT2D eigenvalue weighted by Crippen LogP contribution is 2.23. The fourth-order valence-electron chi connectivity index (χ4n) is 2.55. The summed E-state index contributed by atoms with van der Waals surface area (Å²) in [5.41, 5.74) is 3.18. The number of aromatic nitrogens is 2. The topological polar surface area (TPSA) is 104 Å². The summed E-state index contributed by atoms with van der Waals surface area (Å²) in [5.74, 6) is -0.234. The molecular formula is C19H20N4O3S. The molecule has 27 heavy (non-hydrogen) atoms. The summed E-state index contributed by atoms with van der Waals surface area (Å²) in [7, 11) is -3.70. The first kappa shape index (κ1) is 18.7. The van der Waals surface area contributed by atoms with Crippen molar-refractivity contribution in [3.63, 3.8) is 0 Å². The van der Waals surface area contributed by atoms with Crippen molar-refractivity contribution in [2.75, 3.05) is 10.0 Å². The standard InChI is InChI=1S/C19H20N4O3S/c1-13-8-9-15(20-19(24)12-16-10-14(2)21-22-16)11-18(13)23-27(25,26)17-6-4-3-5-7-17/h3-11,23H,12H2,1-2H3,(H,20,24)(H,21,22). The highest BCUT2D eigenvalue weighted by Gasteiger charge is 2.15. The van der Waals surface area contributed by atoms with Crippen molar-refractivity contribution in [3.8, 4) is 0 Å². The van der Waals surface area contributed by atoms with Crippen LogP contribution < -0.4 is 10.0 Å². The zero-order chi connectivity index (χ0) is 19.4. The molecule has 0 saturated carbocycles. The van der Waals surface area contributed by atoms with Gasteiger partial charge >= 0.3 is 0 Å². The van der Waals surface area contributed by atoms with Crippen LogP contribution in [-0.2, 0) is 21.2 Å². The Kier molecular flexibility index (Phi) is 5.27. The molecular weight excluding hydrogens is 364 g/mol. The molecule has 140 valence electrons. The van der Waals surface area contributed by atoms with Crippen LogP contribution in [0.1, 0.15) is 17.0 Å². The van der Waals surface area contributed by atoms with Gasteiger partial charge in [0.15, 0.2) is 0 Å². The van der Waals surface area contributed by atoms with Crippen LogP contribution in [0.2, 0.25) is 0 Å². The number of H-pyrrole nitrogens is 1. The van der Waals surface area contributed by atoms with E-state index >= 15 is 0 Å². The van der Waals surface area contributed by atoms with Crippen LogP contribution in [0.15, 0.2) is 59.5 Å². The van der Waals surface area contributed by atoms with Crippen molar-refractivity contribution >= 4 is 27.3 Å². The van der Waals surface area contributed by atoms with E-state index in [1.807, 2.05) is 6.92 Å². The van der Waals surface area contributed by atoms with Gasteiger partial charge in [-0.1, -0.05) is 24.3 Å². The number of rotatable bonds is 6. The lowest BCUT2D eigenvalue weighted by Gasteiger charge is -2.13. The molecule has 8 heteroatoms. The molecule has 0 radical (unpaired) electrons. The number of sulfonamides is 1. The van der Waals surface area contributed by atoms with Gasteiger partial charge in [0.2, 0.25) is 5.91 Å². The molecule has 0 atom stereocenters. The molecule has 0 aliphatic carbocycles. The first-order chi connectivity index (χ1) is 12.8. The van der Waals surface area contributed by atoms with E-state index in [0.29, 0.717) is 17.1 Å². The van der Waals surface area contributed by atoms with Gasteiger partial charge in [0.1, 0.15) is 0 Å². The lowest BCUT2D eigenvalue weighted by atomic mass is 10.2. The molecule has 0 fully saturated rings. The highest BCUT2D eigenvalue weighted by molar-refractivity contribution is 7.92. The molecule has 7 nitrogen and oxygen atoms in total. The number of nitrogens with one attached hydrogen (secondary N) is 3. The highest BCUT2D eigenvalue weighted by atomic mass is 32.2. The normalized spacial score (nSPS) is 11.2. The Balaban J connectivity index is 1.75. The second kappa shape index (κ2) is 7.63. The second-order valence-corrected chi connectivity index (χ2v) is 7.90. The summed E-state index contributed by atoms with van der Waals surface area (Å²) < 4.78 is 27.6. The molecule has 3 rings (SSSR count). The van der Waals surface area contributed by atoms with E-state index in [9.17, 15) is 13.2 Å². The number of carbonyl (C=O) groups is 1. The number of nitrogens with zero attached hydrogens (tertiary/aromatic N) is 1. The number of aromatic amines is 1. The number of hydrogen-bond donors (Lipinski definition) is 3. The van der Waals surface area contributed by atoms with E-state index < -0.39 is 10.0 Å². The average Bonchev–Trinajstić information content (AvgIpc) is 3.03. The molecule has 3 aromatic rings. The molecule has 1 amide bonds. The third-order valence-corrected chi connectivity index (χ3v) is 5.30. The Hall–Kier alpha value is -3.13. The number of benzene rings is 2. The van der Waals surface area contributed by atoms with Crippen molar-refractivity contribution in [3.05, 3.63) is 71.5 Å². The minimum atomic E-state index is -3.70. The van der Waals surface area contributed by atoms with Crippen LogP contribution in [0.25, 0.3) is 0 Å². The zero-order valence-corrected chi connectivity index (χ0v) is 15.8. The van der Waals surface area contributed by atoms with Gasteiger partial charge in [-0.3, -0.25) is 14.6 Å². The van der Waals surface area contributed by atoms with Crippen LogP contribution in [0.3, 0.4) is 0 Å². The maximum atomic E-state index is 12.5. The molecule has 0 bridgehead atoms. The summed E-state index contributed by atoms with van der Waals surface area (Å²) >= 11 is 0. The third kappa shape index (κ3) is 4.73. The van der Waals surface area contributed by atoms with Gasteiger partial charge in [0.05, 0.1) is 22.7 Å². The second-order valence-electron chi connectivity index (χ2n) is 6.22. The van der Waals surface area contributed by atoms with Crippen molar-refractivity contribution in [1.29, 1.82) is 0 Å². The SMILES string of the molecule is Cc1cc(CC(=O)Nc2ccc(C)c(NS(=O)(=O)c3ccccc3)c2)n[nH]1. The number of aryl methyl sites for hydroxylation is 2. The maximum Gasteiger partial charge on any atom is 0.261 e. The third-order valence-electron chi connectivity index (χ3n) is 3.92. The molecule has 0 aliphatic heterocycles. The summed E-state index contributed by atoms with van der Waals surface area (Å²) in [4.78, 5) is 12.4. The molecule has 3 N–H and O–H groups in total. The number of anilines is 2. The van der Waals surface area contributed by atoms with Gasteiger partial charge in [0, 0.05) is 11.4 Å². The number of amides is 1. The van der Waals surface area contributed by atoms with E-state index in [4.69, 9.17) is 0 Å². The van der Waals surface area contributed by atoms with E-state index in [-0.39, 0.29) is 17.2 Å². The van der Waals surface area contributed by atoms with Crippen LogP contribution in [0.4, 0.5) is 11.4 Å². The predicted molar refractivity (Wildman–Crippen MR) is 104 cm³/mol. The summed E-state index contributed by atoms with van der Waals surface area (Å²) in [5, 5.41) is 9.59. The predicted octanol–water partition coefficient (Wildman–Crippen LogP) is 3.01. The molecule has 1 aromatic heterocycles. The quantitative estimate of drug-likeness (QED) is 0.608. The maximum absolute atomic E-state index is 12.5. The zero-order valence-electron chi connectivity index (χ0n) is 15.0. The lowest BCUT2D eigenvalue weighted by molar-refractivity contribution is -0.115. The summed E-state index contributed by atoms with van der Waals surface area (Å²) in [6.45, 7) is 3.65. The average molecular weight is 384 g/mol. The summed E-state index contributed by atoms with van der Waals surface area (Å²) in [6.07, 6.45) is 0.128. The molecule has 2 aromatic carbocycles. The Morgan fingerprint density at radius 2 is 1.81 bits per heavy atom. The fourth-order valence-corrected chi connectivity index (χ4v) is 3.69. The minimum Gasteiger partial charge on any atom is -0.326 e. The van der Waals surface area contributed by atoms with Crippen LogP contribution >= 0.6 is 0 Å².